The molecular formula is C23H37BClNO2Si. The Morgan fingerprint density at radius 2 is 1.38 bits per heavy atom. The van der Waals surface area contributed by atoms with E-state index in [0.29, 0.717) is 16.6 Å². The van der Waals surface area contributed by atoms with Crippen LogP contribution in [0.1, 0.15) is 69.2 Å². The predicted molar refractivity (Wildman–Crippen MR) is 129 cm³/mol. The topological polar surface area (TPSA) is 23.4 Å². The second kappa shape index (κ2) is 7.44. The van der Waals surface area contributed by atoms with E-state index in [2.05, 4.69) is 85.7 Å². The van der Waals surface area contributed by atoms with E-state index in [1.165, 1.54) is 0 Å². The number of hydrogen-bond acceptors (Lipinski definition) is 2. The Morgan fingerprint density at radius 3 is 1.83 bits per heavy atom. The second-order valence-electron chi connectivity index (χ2n) is 10.5. The summed E-state index contributed by atoms with van der Waals surface area (Å²) < 4.78 is 15.5. The van der Waals surface area contributed by atoms with Gasteiger partial charge in [-0.3, -0.25) is 0 Å². The van der Waals surface area contributed by atoms with E-state index >= 15 is 0 Å². The first kappa shape index (κ1) is 22.9. The van der Waals surface area contributed by atoms with Gasteiger partial charge in [-0.05, 0) is 56.6 Å². The number of benzene rings is 1. The molecule has 160 valence electrons. The molecule has 1 aliphatic rings. The lowest BCUT2D eigenvalue weighted by atomic mass is 9.79. The van der Waals surface area contributed by atoms with Crippen LogP contribution in [-0.4, -0.2) is 30.8 Å². The van der Waals surface area contributed by atoms with Crippen LogP contribution in [0.15, 0.2) is 24.4 Å². The first-order valence-electron chi connectivity index (χ1n) is 10.9. The summed E-state index contributed by atoms with van der Waals surface area (Å²) in [6, 6.07) is 6.21. The molecule has 3 nitrogen and oxygen atoms in total. The van der Waals surface area contributed by atoms with Gasteiger partial charge in [-0.15, -0.1) is 0 Å². The quantitative estimate of drug-likeness (QED) is 0.495. The monoisotopic (exact) mass is 433 g/mol. The number of halogens is 1. The highest BCUT2D eigenvalue weighted by Crippen LogP contribution is 2.45. The lowest BCUT2D eigenvalue weighted by molar-refractivity contribution is 0.00578. The zero-order chi connectivity index (χ0) is 21.9. The molecule has 1 fully saturated rings. The van der Waals surface area contributed by atoms with E-state index in [1.54, 1.807) is 0 Å². The highest BCUT2D eigenvalue weighted by molar-refractivity contribution is 6.83. The summed E-state index contributed by atoms with van der Waals surface area (Å²) in [6.45, 7) is 22.7. The average molecular weight is 434 g/mol. The van der Waals surface area contributed by atoms with Crippen LogP contribution in [0.2, 0.25) is 21.6 Å². The normalized spacial score (nSPS) is 19.3. The number of hydrogen-bond donors (Lipinski definition) is 0. The van der Waals surface area contributed by atoms with Gasteiger partial charge in [0.15, 0.2) is 8.24 Å². The minimum absolute atomic E-state index is 0.368. The van der Waals surface area contributed by atoms with Crippen molar-refractivity contribution in [2.24, 2.45) is 0 Å². The van der Waals surface area contributed by atoms with Gasteiger partial charge in [-0.2, -0.15) is 0 Å². The minimum atomic E-state index is -1.98. The summed E-state index contributed by atoms with van der Waals surface area (Å²) in [5.74, 6) is 0. The van der Waals surface area contributed by atoms with E-state index in [-0.39, 0.29) is 18.3 Å². The molecule has 0 unspecified atom stereocenters. The van der Waals surface area contributed by atoms with Crippen LogP contribution in [0.5, 0.6) is 0 Å². The lowest BCUT2D eigenvalue weighted by Gasteiger charge is -2.44. The molecule has 29 heavy (non-hydrogen) atoms. The highest BCUT2D eigenvalue weighted by Gasteiger charge is 2.53. The molecule has 0 radical (unpaired) electrons. The highest BCUT2D eigenvalue weighted by atomic mass is 35.5. The fourth-order valence-electron chi connectivity index (χ4n) is 5.56. The van der Waals surface area contributed by atoms with E-state index in [1.807, 2.05) is 12.1 Å². The van der Waals surface area contributed by atoms with Gasteiger partial charge in [-0.25, -0.2) is 0 Å². The number of para-hydroxylation sites is 1. The third-order valence-electron chi connectivity index (χ3n) is 7.51. The van der Waals surface area contributed by atoms with Gasteiger partial charge < -0.3 is 13.5 Å². The van der Waals surface area contributed by atoms with Gasteiger partial charge in [0.2, 0.25) is 0 Å². The van der Waals surface area contributed by atoms with Gasteiger partial charge in [0.1, 0.15) is 0 Å². The van der Waals surface area contributed by atoms with Crippen LogP contribution in [0.4, 0.5) is 0 Å². The van der Waals surface area contributed by atoms with E-state index < -0.39 is 8.24 Å². The second-order valence-corrected chi connectivity index (χ2v) is 16.7. The Hall–Kier alpha value is -0.748. The molecule has 0 spiro atoms. The van der Waals surface area contributed by atoms with Gasteiger partial charge >= 0.3 is 7.12 Å². The Kier molecular flexibility index (Phi) is 5.88. The van der Waals surface area contributed by atoms with Crippen molar-refractivity contribution in [3.05, 3.63) is 29.4 Å². The summed E-state index contributed by atoms with van der Waals surface area (Å²) in [5.41, 5.74) is 3.21. The molecule has 1 aromatic heterocycles. The number of rotatable bonds is 5. The van der Waals surface area contributed by atoms with Crippen molar-refractivity contribution in [3.8, 4) is 0 Å². The summed E-state index contributed by atoms with van der Waals surface area (Å²) in [6.07, 6.45) is 2.31. The number of fused-ring (bicyclic) bond motifs is 1. The molecule has 1 aromatic carbocycles. The average Bonchev–Trinajstić information content (AvgIpc) is 3.03. The Balaban J connectivity index is 2.32. The molecule has 0 atom stereocenters. The van der Waals surface area contributed by atoms with Crippen molar-refractivity contribution in [3.63, 3.8) is 0 Å². The van der Waals surface area contributed by atoms with Crippen LogP contribution < -0.4 is 5.46 Å². The van der Waals surface area contributed by atoms with Crippen molar-refractivity contribution in [1.82, 2.24) is 4.23 Å². The summed E-state index contributed by atoms with van der Waals surface area (Å²) >= 11 is 6.83. The first-order valence-corrected chi connectivity index (χ1v) is 13.5. The molecule has 1 saturated heterocycles. The third kappa shape index (κ3) is 3.33. The largest absolute Gasteiger partial charge is 0.497 e. The van der Waals surface area contributed by atoms with Crippen LogP contribution in [0.25, 0.3) is 10.9 Å². The van der Waals surface area contributed by atoms with Crippen LogP contribution >= 0.6 is 11.6 Å². The fourth-order valence-corrected chi connectivity index (χ4v) is 12.6. The summed E-state index contributed by atoms with van der Waals surface area (Å²) in [7, 11) is -2.37. The van der Waals surface area contributed by atoms with Gasteiger partial charge in [0.25, 0.3) is 0 Å². The first-order chi connectivity index (χ1) is 13.3. The molecule has 0 bridgehead atoms. The van der Waals surface area contributed by atoms with Gasteiger partial charge in [-0.1, -0.05) is 65.3 Å². The Labute approximate surface area is 183 Å². The minimum Gasteiger partial charge on any atom is -0.399 e. The molecule has 3 rings (SSSR count). The molecule has 0 amide bonds. The smallest absolute Gasteiger partial charge is 0.399 e. The maximum atomic E-state index is 6.83. The molecule has 2 heterocycles. The maximum absolute atomic E-state index is 6.83. The zero-order valence-electron chi connectivity index (χ0n) is 19.8. The van der Waals surface area contributed by atoms with Crippen molar-refractivity contribution in [2.45, 2.75) is 97.1 Å². The van der Waals surface area contributed by atoms with Crippen molar-refractivity contribution < 1.29 is 9.31 Å². The van der Waals surface area contributed by atoms with Gasteiger partial charge in [0, 0.05) is 10.8 Å². The van der Waals surface area contributed by atoms with E-state index in [4.69, 9.17) is 20.9 Å². The SMILES string of the molecule is CC(C)[Si](C(C)C)(C(C)C)n1cc(B2OC(C)(C)C(C)(C)O2)c2cccc(Cl)c21. The zero-order valence-corrected chi connectivity index (χ0v) is 21.5. The van der Waals surface area contributed by atoms with Crippen molar-refractivity contribution in [2.75, 3.05) is 0 Å². The number of aromatic nitrogens is 1. The summed E-state index contributed by atoms with van der Waals surface area (Å²) in [5, 5.41) is 1.96. The van der Waals surface area contributed by atoms with Gasteiger partial charge in [0.05, 0.1) is 21.7 Å². The van der Waals surface area contributed by atoms with Crippen molar-refractivity contribution in [1.29, 1.82) is 0 Å². The molecule has 2 aromatic rings. The molecule has 0 aliphatic carbocycles. The van der Waals surface area contributed by atoms with Crippen LogP contribution in [0.3, 0.4) is 0 Å². The van der Waals surface area contributed by atoms with E-state index in [0.717, 1.165) is 21.4 Å². The molecule has 1 aliphatic heterocycles. The Morgan fingerprint density at radius 1 is 0.897 bits per heavy atom. The van der Waals surface area contributed by atoms with Crippen LogP contribution in [0, 0.1) is 0 Å². The maximum Gasteiger partial charge on any atom is 0.497 e. The molecule has 0 saturated carbocycles. The number of nitrogens with zero attached hydrogens (tertiary/aromatic N) is 1. The molecule has 0 N–H and O–H groups in total. The molecular weight excluding hydrogens is 397 g/mol. The van der Waals surface area contributed by atoms with E-state index in [9.17, 15) is 0 Å². The fraction of sp³-hybridized carbons (Fsp3) is 0.652. The third-order valence-corrected chi connectivity index (χ3v) is 14.5. The predicted octanol–water partition coefficient (Wildman–Crippen LogP) is 6.62. The summed E-state index contributed by atoms with van der Waals surface area (Å²) in [4.78, 5) is 0. The molecule has 6 heteroatoms. The lowest BCUT2D eigenvalue weighted by Crippen LogP contribution is -2.52. The van der Waals surface area contributed by atoms with Crippen molar-refractivity contribution >= 4 is 43.3 Å². The standard InChI is InChI=1S/C23H37BClNO2Si/c1-15(2)29(16(3)4,17(5)6)26-14-19(18-12-11-13-20(25)21(18)26)24-27-22(7,8)23(9,10)28-24/h11-17H,1-10H3. The Bertz CT molecular complexity index is 866. The van der Waals surface area contributed by atoms with Crippen LogP contribution in [-0.2, 0) is 9.31 Å².